The molecule has 31 heavy (non-hydrogen) atoms. The fourth-order valence-electron chi connectivity index (χ4n) is 3.00. The van der Waals surface area contributed by atoms with Crippen molar-refractivity contribution in [2.24, 2.45) is 0 Å². The predicted molar refractivity (Wildman–Crippen MR) is 124 cm³/mol. The molecule has 0 saturated heterocycles. The molecular weight excluding hydrogens is 479 g/mol. The number of rotatable bonds is 4. The number of aromatic nitrogens is 2. The van der Waals surface area contributed by atoms with Gasteiger partial charge in [-0.15, -0.1) is 22.7 Å². The number of fused-ring (bicyclic) bond motifs is 2. The number of nitrogens with one attached hydrogen (secondary N) is 2. The maximum Gasteiger partial charge on any atom is 0.268 e. The zero-order valence-electron chi connectivity index (χ0n) is 15.3. The van der Waals surface area contributed by atoms with Gasteiger partial charge in [0.25, 0.3) is 11.8 Å². The molecule has 154 valence electrons. The van der Waals surface area contributed by atoms with Crippen LogP contribution in [0.5, 0.6) is 0 Å². The van der Waals surface area contributed by atoms with Crippen LogP contribution in [0, 0.1) is 0 Å². The van der Waals surface area contributed by atoms with Crippen LogP contribution in [-0.2, 0) is 0 Å². The lowest BCUT2D eigenvalue weighted by atomic mass is 10.2. The third-order valence-corrected chi connectivity index (χ3v) is 7.78. The fourth-order valence-corrected chi connectivity index (χ4v) is 5.83. The van der Waals surface area contributed by atoms with Gasteiger partial charge in [0.05, 0.1) is 10.0 Å². The zero-order valence-corrected chi connectivity index (χ0v) is 18.5. The van der Waals surface area contributed by atoms with Crippen LogP contribution in [0.3, 0.4) is 0 Å². The molecule has 3 aromatic heterocycles. The molecule has 5 aromatic rings. The molecule has 0 radical (unpaired) electrons. The predicted octanol–water partition coefficient (Wildman–Crippen LogP) is 6.31. The van der Waals surface area contributed by atoms with Crippen LogP contribution in [0.4, 0.5) is 11.6 Å². The molecule has 5 rings (SSSR count). The molecule has 2 aromatic carbocycles. The minimum Gasteiger partial charge on any atom is -0.300 e. The van der Waals surface area contributed by atoms with E-state index in [0.717, 1.165) is 20.2 Å². The molecular formula is C20H10Cl2N4O3S2. The van der Waals surface area contributed by atoms with E-state index in [9.17, 15) is 9.59 Å². The van der Waals surface area contributed by atoms with Gasteiger partial charge in [-0.2, -0.15) is 0 Å². The summed E-state index contributed by atoms with van der Waals surface area (Å²) in [4.78, 5) is 26.1. The first-order valence-electron chi connectivity index (χ1n) is 8.82. The third kappa shape index (κ3) is 3.55. The maximum atomic E-state index is 12.8. The number of nitrogens with zero attached hydrogens (tertiary/aromatic N) is 2. The Balaban J connectivity index is 1.39. The summed E-state index contributed by atoms with van der Waals surface area (Å²) >= 11 is 15.2. The van der Waals surface area contributed by atoms with E-state index in [1.807, 2.05) is 48.5 Å². The molecule has 0 aliphatic heterocycles. The Hall–Kier alpha value is -2.98. The van der Waals surface area contributed by atoms with Gasteiger partial charge in [-0.25, -0.2) is 4.63 Å². The lowest BCUT2D eigenvalue weighted by Gasteiger charge is -2.03. The number of hydrogen-bond acceptors (Lipinski definition) is 7. The maximum absolute atomic E-state index is 12.8. The summed E-state index contributed by atoms with van der Waals surface area (Å²) in [6, 6.07) is 14.8. The number of benzene rings is 2. The van der Waals surface area contributed by atoms with E-state index >= 15 is 0 Å². The van der Waals surface area contributed by atoms with E-state index in [-0.39, 0.29) is 11.6 Å². The van der Waals surface area contributed by atoms with E-state index in [1.54, 1.807) is 0 Å². The van der Waals surface area contributed by atoms with Crippen LogP contribution < -0.4 is 10.6 Å². The first-order valence-corrected chi connectivity index (χ1v) is 11.2. The molecule has 3 heterocycles. The topological polar surface area (TPSA) is 97.1 Å². The third-order valence-electron chi connectivity index (χ3n) is 4.43. The second-order valence-electron chi connectivity index (χ2n) is 6.35. The van der Waals surface area contributed by atoms with Crippen LogP contribution >= 0.6 is 45.9 Å². The molecule has 0 saturated carbocycles. The normalized spacial score (nSPS) is 11.2. The number of halogens is 2. The molecule has 0 bridgehead atoms. The van der Waals surface area contributed by atoms with Gasteiger partial charge in [0.15, 0.2) is 0 Å². The minimum absolute atomic E-state index is 0.0379. The highest BCUT2D eigenvalue weighted by Crippen LogP contribution is 2.37. The standard InChI is InChI=1S/C20H10Cl2N4O3S2/c21-13-9-5-1-3-7-11(9)30-15(13)19(27)23-17-18(26-29-25-17)24-20(28)16-14(22)10-6-2-4-8-12(10)31-16/h1-8H,(H,23,25,27)(H,24,26,28). The Bertz CT molecular complexity index is 1370. The minimum atomic E-state index is -0.489. The molecule has 0 spiro atoms. The van der Waals surface area contributed by atoms with Crippen LogP contribution in [0.1, 0.15) is 19.3 Å². The molecule has 0 unspecified atom stereocenters. The molecule has 0 atom stereocenters. The lowest BCUT2D eigenvalue weighted by molar-refractivity contribution is 0.101. The fraction of sp³-hybridized carbons (Fsp3) is 0. The van der Waals surface area contributed by atoms with Crippen molar-refractivity contribution in [2.45, 2.75) is 0 Å². The summed E-state index contributed by atoms with van der Waals surface area (Å²) in [5.74, 6) is -1.05. The highest BCUT2D eigenvalue weighted by atomic mass is 35.5. The summed E-state index contributed by atoms with van der Waals surface area (Å²) in [6.07, 6.45) is 0. The van der Waals surface area contributed by atoms with Gasteiger partial charge in [-0.1, -0.05) is 59.6 Å². The number of carbonyl (C=O) groups excluding carboxylic acids is 2. The number of carbonyl (C=O) groups is 2. The summed E-state index contributed by atoms with van der Waals surface area (Å²) in [5.41, 5.74) is 0. The lowest BCUT2D eigenvalue weighted by Crippen LogP contribution is -2.16. The van der Waals surface area contributed by atoms with Crippen molar-refractivity contribution in [3.05, 3.63) is 68.3 Å². The Kier molecular flexibility index (Phi) is 5.11. The molecule has 7 nitrogen and oxygen atoms in total. The van der Waals surface area contributed by atoms with Crippen LogP contribution in [0.2, 0.25) is 10.0 Å². The van der Waals surface area contributed by atoms with E-state index < -0.39 is 11.8 Å². The van der Waals surface area contributed by atoms with Crippen molar-refractivity contribution in [2.75, 3.05) is 10.6 Å². The molecule has 11 heteroatoms. The van der Waals surface area contributed by atoms with Gasteiger partial charge in [-0.05, 0) is 22.4 Å². The Labute approximate surface area is 192 Å². The van der Waals surface area contributed by atoms with E-state index in [2.05, 4.69) is 20.9 Å². The van der Waals surface area contributed by atoms with E-state index in [0.29, 0.717) is 19.8 Å². The van der Waals surface area contributed by atoms with Gasteiger partial charge in [0.1, 0.15) is 9.75 Å². The van der Waals surface area contributed by atoms with Crippen molar-refractivity contribution in [1.29, 1.82) is 0 Å². The van der Waals surface area contributed by atoms with Gasteiger partial charge >= 0.3 is 0 Å². The number of anilines is 2. The Morgan fingerprint density at radius 2 is 1.16 bits per heavy atom. The van der Waals surface area contributed by atoms with Gasteiger partial charge in [0.2, 0.25) is 11.6 Å². The van der Waals surface area contributed by atoms with Crippen molar-refractivity contribution >= 4 is 89.5 Å². The average molecular weight is 489 g/mol. The van der Waals surface area contributed by atoms with Gasteiger partial charge in [0, 0.05) is 20.2 Å². The summed E-state index contributed by atoms with van der Waals surface area (Å²) in [5, 5.41) is 14.8. The van der Waals surface area contributed by atoms with Gasteiger partial charge in [-0.3, -0.25) is 20.2 Å². The van der Waals surface area contributed by atoms with Crippen molar-refractivity contribution in [3.8, 4) is 0 Å². The van der Waals surface area contributed by atoms with Crippen LogP contribution in [0.25, 0.3) is 20.2 Å². The molecule has 0 aliphatic rings. The monoisotopic (exact) mass is 488 g/mol. The molecule has 0 fully saturated rings. The number of amides is 2. The Morgan fingerprint density at radius 3 is 1.58 bits per heavy atom. The first kappa shape index (κ1) is 20.0. The SMILES string of the molecule is O=C(Nc1nonc1NC(=O)c1sc2ccccc2c1Cl)c1sc2ccccc2c1Cl. The van der Waals surface area contributed by atoms with Gasteiger partial charge < -0.3 is 0 Å². The highest BCUT2D eigenvalue weighted by Gasteiger charge is 2.23. The second-order valence-corrected chi connectivity index (χ2v) is 9.21. The number of thiophene rings is 2. The van der Waals surface area contributed by atoms with Crippen LogP contribution in [-0.4, -0.2) is 22.1 Å². The number of hydrogen-bond donors (Lipinski definition) is 2. The second kappa shape index (κ2) is 7.93. The largest absolute Gasteiger partial charge is 0.300 e. The Morgan fingerprint density at radius 1 is 0.742 bits per heavy atom. The smallest absolute Gasteiger partial charge is 0.268 e. The van der Waals surface area contributed by atoms with Crippen molar-refractivity contribution in [3.63, 3.8) is 0 Å². The molecule has 2 amide bonds. The summed E-state index contributed by atoms with van der Waals surface area (Å²) < 4.78 is 6.47. The van der Waals surface area contributed by atoms with Crippen LogP contribution in [0.15, 0.2) is 53.2 Å². The molecule has 2 N–H and O–H groups in total. The summed E-state index contributed by atoms with van der Waals surface area (Å²) in [6.45, 7) is 0. The van der Waals surface area contributed by atoms with Crippen molar-refractivity contribution in [1.82, 2.24) is 10.3 Å². The molecule has 0 aliphatic carbocycles. The zero-order chi connectivity index (χ0) is 21.5. The van der Waals surface area contributed by atoms with Crippen molar-refractivity contribution < 1.29 is 14.2 Å². The average Bonchev–Trinajstić information content (AvgIpc) is 3.45. The van der Waals surface area contributed by atoms with E-state index in [4.69, 9.17) is 27.8 Å². The quantitative estimate of drug-likeness (QED) is 0.308. The first-order chi connectivity index (χ1) is 15.0. The highest BCUT2D eigenvalue weighted by molar-refractivity contribution is 7.22. The summed E-state index contributed by atoms with van der Waals surface area (Å²) in [7, 11) is 0. The van der Waals surface area contributed by atoms with E-state index in [1.165, 1.54) is 22.7 Å².